The molecule has 68 heavy (non-hydrogen) atoms. The van der Waals surface area contributed by atoms with Crippen molar-refractivity contribution in [1.82, 2.24) is 14.5 Å². The summed E-state index contributed by atoms with van der Waals surface area (Å²) in [6.07, 6.45) is -5.62. The van der Waals surface area contributed by atoms with Crippen LogP contribution in [-0.2, 0) is 26.5 Å². The number of furan rings is 1. The Morgan fingerprint density at radius 2 is 1.37 bits per heavy atom. The number of hydrogen-bond acceptors (Lipinski definition) is 3. The van der Waals surface area contributed by atoms with E-state index in [2.05, 4.69) is 122 Å². The molecular formula is C60H52F3IrN3O-2. The molecular weight excluding hydrogens is 1030 g/mol. The van der Waals surface area contributed by atoms with Crippen LogP contribution in [0.15, 0.2) is 168 Å². The van der Waals surface area contributed by atoms with E-state index in [-0.39, 0.29) is 43.1 Å². The van der Waals surface area contributed by atoms with E-state index >= 15 is 0 Å². The third-order valence-corrected chi connectivity index (χ3v) is 12.1. The third kappa shape index (κ3) is 9.58. The van der Waals surface area contributed by atoms with E-state index in [1.165, 1.54) is 51.6 Å². The number of pyridine rings is 1. The zero-order chi connectivity index (χ0) is 51.3. The van der Waals surface area contributed by atoms with Crippen LogP contribution in [-0.4, -0.2) is 20.7 Å². The van der Waals surface area contributed by atoms with Crippen LogP contribution >= 0.6 is 0 Å². The average molecular weight is 1090 g/mol. The normalized spacial score (nSPS) is 13.4. The van der Waals surface area contributed by atoms with Gasteiger partial charge in [0.2, 0.25) is 0 Å². The Balaban J connectivity index is 0.000000260. The molecule has 1 radical (unpaired) electrons. The Labute approximate surface area is 417 Å². The van der Waals surface area contributed by atoms with E-state index in [4.69, 9.17) is 16.3 Å². The van der Waals surface area contributed by atoms with Crippen LogP contribution in [0.3, 0.4) is 0 Å². The van der Waals surface area contributed by atoms with Gasteiger partial charge in [-0.05, 0) is 106 Å². The minimum absolute atomic E-state index is 0. The quantitative estimate of drug-likeness (QED) is 0.135. The fourth-order valence-electron chi connectivity index (χ4n) is 8.41. The zero-order valence-electron chi connectivity index (χ0n) is 43.5. The van der Waals surface area contributed by atoms with Crippen LogP contribution in [0.4, 0.5) is 13.2 Å². The molecule has 3 aromatic heterocycles. The summed E-state index contributed by atoms with van der Waals surface area (Å²) in [6, 6.07) is 57.0. The van der Waals surface area contributed by atoms with Crippen molar-refractivity contribution in [2.75, 3.05) is 0 Å². The van der Waals surface area contributed by atoms with Crippen LogP contribution in [0.2, 0.25) is 0 Å². The fraction of sp³-hybridized carbons (Fsp3) is 0.200. The Hall–Kier alpha value is -6.60. The van der Waals surface area contributed by atoms with Crippen LogP contribution in [0, 0.1) is 24.4 Å². The molecule has 0 aliphatic carbocycles. The van der Waals surface area contributed by atoms with Crippen molar-refractivity contribution >= 4 is 33.0 Å². The standard InChI is InChI=1S/C44H37N2O.C16H15F3N.Ir/c1-27(2)37-25-33(32-21-19-31(20-22-32)30-12-7-6-8-13-30)26-38(28(3)4)42(37)46-40-17-10-9-16-39(40)45-44(46)36-15-11-14-35-34-23-18-29(5)24-41(34)47-43(35)36;1-15(2,16(17,18)19)11-12-6-8-13(9-7-12)14-5-3-4-10-20-14;/h6-14,16-28H,1-5H3;3-8,10H,11H2,1-2H3;/q2*-1;/i5D3;11D2;. The van der Waals surface area contributed by atoms with Gasteiger partial charge in [-0.3, -0.25) is 4.98 Å². The first-order chi connectivity index (χ1) is 34.2. The molecule has 3 heterocycles. The molecule has 10 rings (SSSR count). The molecule has 0 N–H and O–H groups in total. The number of halogens is 3. The number of aryl methyl sites for hydroxylation is 1. The molecule has 4 nitrogen and oxygen atoms in total. The van der Waals surface area contributed by atoms with Crippen molar-refractivity contribution in [3.8, 4) is 50.6 Å². The third-order valence-electron chi connectivity index (χ3n) is 12.1. The second kappa shape index (κ2) is 19.6. The first-order valence-corrected chi connectivity index (χ1v) is 22.4. The number of fused-ring (bicyclic) bond motifs is 4. The fourth-order valence-corrected chi connectivity index (χ4v) is 8.41. The summed E-state index contributed by atoms with van der Waals surface area (Å²) in [4.78, 5) is 9.36. The molecule has 0 amide bonds. The van der Waals surface area contributed by atoms with Crippen LogP contribution in [0.1, 0.15) is 82.5 Å². The number of benzene rings is 7. The average Bonchev–Trinajstić information content (AvgIpc) is 3.94. The van der Waals surface area contributed by atoms with Crippen LogP contribution < -0.4 is 0 Å². The molecule has 0 aliphatic heterocycles. The maximum absolute atomic E-state index is 13.1. The second-order valence-corrected chi connectivity index (χ2v) is 17.9. The minimum atomic E-state index is -4.66. The number of imidazole rings is 1. The molecule has 10 aromatic rings. The van der Waals surface area contributed by atoms with Gasteiger partial charge in [-0.15, -0.1) is 53.6 Å². The molecule has 0 saturated heterocycles. The number of hydrogen-bond donors (Lipinski definition) is 0. The number of rotatable bonds is 9. The van der Waals surface area contributed by atoms with Gasteiger partial charge >= 0.3 is 6.18 Å². The Morgan fingerprint density at radius 3 is 2.00 bits per heavy atom. The van der Waals surface area contributed by atoms with E-state index in [0.29, 0.717) is 22.4 Å². The van der Waals surface area contributed by atoms with Gasteiger partial charge in [-0.25, -0.2) is 0 Å². The second-order valence-electron chi connectivity index (χ2n) is 17.9. The summed E-state index contributed by atoms with van der Waals surface area (Å²) < 4.78 is 87.7. The summed E-state index contributed by atoms with van der Waals surface area (Å²) in [5.41, 5.74) is 11.0. The van der Waals surface area contributed by atoms with Gasteiger partial charge < -0.3 is 14.0 Å². The zero-order valence-corrected chi connectivity index (χ0v) is 40.9. The first kappa shape index (κ1) is 41.6. The monoisotopic (exact) mass is 1090 g/mol. The predicted octanol–water partition coefficient (Wildman–Crippen LogP) is 17.0. The molecule has 0 aliphatic rings. The maximum atomic E-state index is 13.1. The summed E-state index contributed by atoms with van der Waals surface area (Å²) in [5.74, 6) is 1.16. The van der Waals surface area contributed by atoms with Crippen molar-refractivity contribution in [3.63, 3.8) is 0 Å². The minimum Gasteiger partial charge on any atom is -0.501 e. The van der Waals surface area contributed by atoms with Gasteiger partial charge in [0.25, 0.3) is 0 Å². The van der Waals surface area contributed by atoms with Crippen LogP contribution in [0.5, 0.6) is 0 Å². The van der Waals surface area contributed by atoms with E-state index in [1.54, 1.807) is 36.5 Å². The van der Waals surface area contributed by atoms with Gasteiger partial charge in [0.15, 0.2) is 0 Å². The molecule has 0 fully saturated rings. The summed E-state index contributed by atoms with van der Waals surface area (Å²) in [7, 11) is 0. The van der Waals surface area contributed by atoms with Crippen LogP contribution in [0.25, 0.3) is 83.6 Å². The van der Waals surface area contributed by atoms with Crippen molar-refractivity contribution in [1.29, 1.82) is 0 Å². The Morgan fingerprint density at radius 1 is 0.706 bits per heavy atom. The van der Waals surface area contributed by atoms with E-state index in [0.717, 1.165) is 52.7 Å². The summed E-state index contributed by atoms with van der Waals surface area (Å²) in [6.45, 7) is 8.49. The number of aromatic nitrogens is 3. The first-order valence-electron chi connectivity index (χ1n) is 24.9. The molecule has 7 aromatic carbocycles. The van der Waals surface area contributed by atoms with E-state index in [9.17, 15) is 13.2 Å². The number of alkyl halides is 3. The van der Waals surface area contributed by atoms with Gasteiger partial charge in [0.1, 0.15) is 5.58 Å². The van der Waals surface area contributed by atoms with Crippen molar-refractivity contribution < 1.29 is 44.5 Å². The van der Waals surface area contributed by atoms with Crippen molar-refractivity contribution in [2.24, 2.45) is 5.41 Å². The smallest absolute Gasteiger partial charge is 0.393 e. The topological polar surface area (TPSA) is 43.9 Å². The Kier molecular flexibility index (Phi) is 12.0. The molecule has 0 unspecified atom stereocenters. The van der Waals surface area contributed by atoms with Crippen molar-refractivity contribution in [2.45, 2.75) is 72.8 Å². The molecule has 0 bridgehead atoms. The van der Waals surface area contributed by atoms with Gasteiger partial charge in [-0.1, -0.05) is 143 Å². The van der Waals surface area contributed by atoms with Gasteiger partial charge in [-0.2, -0.15) is 13.2 Å². The van der Waals surface area contributed by atoms with E-state index in [1.807, 2.05) is 36.4 Å². The molecule has 345 valence electrons. The molecule has 0 spiro atoms. The number of para-hydroxylation sites is 2. The largest absolute Gasteiger partial charge is 0.501 e. The predicted molar refractivity (Wildman–Crippen MR) is 268 cm³/mol. The van der Waals surface area contributed by atoms with E-state index < -0.39 is 24.8 Å². The Bertz CT molecular complexity index is 3520. The van der Waals surface area contributed by atoms with Gasteiger partial charge in [0, 0.05) is 44.2 Å². The van der Waals surface area contributed by atoms with Gasteiger partial charge in [0.05, 0.1) is 27.9 Å². The summed E-state index contributed by atoms with van der Waals surface area (Å²) >= 11 is 0. The number of nitrogens with zero attached hydrogens (tertiary/aromatic N) is 3. The molecule has 8 heteroatoms. The molecule has 0 atom stereocenters. The van der Waals surface area contributed by atoms with Crippen molar-refractivity contribution in [3.05, 3.63) is 198 Å². The summed E-state index contributed by atoms with van der Waals surface area (Å²) in [5, 5.41) is 1.76. The molecule has 0 saturated carbocycles. The maximum Gasteiger partial charge on any atom is 0.393 e. The SMILES string of the molecule is [2H]C([2H])([2H])c1ccc2c(c1)oc1c(-c3nc4ccccc4n3-c3c(C(C)C)cc(-c4ccc(-c5ccccc5)cc4)cc3C(C)C)[c-]ccc12.[2H]C([2H])(c1c[c-]c(-c2ccccn2)cc1)C(C)(C)C(F)(F)F.[Ir].